The first-order chi connectivity index (χ1) is 12.1. The van der Waals surface area contributed by atoms with Crippen LogP contribution >= 0.6 is 11.6 Å². The van der Waals surface area contributed by atoms with E-state index in [-0.39, 0.29) is 11.7 Å². The Morgan fingerprint density at radius 1 is 1.12 bits per heavy atom. The van der Waals surface area contributed by atoms with Gasteiger partial charge in [0.15, 0.2) is 17.3 Å². The van der Waals surface area contributed by atoms with Gasteiger partial charge in [-0.25, -0.2) is 15.0 Å². The van der Waals surface area contributed by atoms with E-state index in [1.54, 1.807) is 12.1 Å². The number of anilines is 1. The number of ether oxygens (including phenoxy) is 1. The number of nitrogen functional groups attached to an aromatic ring is 1. The molecule has 2 heterocycles. The predicted molar refractivity (Wildman–Crippen MR) is 97.8 cm³/mol. The number of hydrogen-bond acceptors (Lipinski definition) is 5. The zero-order chi connectivity index (χ0) is 17.4. The Balaban J connectivity index is 1.75. The van der Waals surface area contributed by atoms with Crippen LogP contribution in [0.1, 0.15) is 5.56 Å². The molecule has 0 aliphatic carbocycles. The number of rotatable bonds is 3. The fourth-order valence-corrected chi connectivity index (χ4v) is 2.66. The molecule has 4 aromatic rings. The van der Waals surface area contributed by atoms with Gasteiger partial charge in [0.1, 0.15) is 5.75 Å². The third-order valence-electron chi connectivity index (χ3n) is 3.69. The van der Waals surface area contributed by atoms with Crippen molar-refractivity contribution >= 4 is 28.5 Å². The highest BCUT2D eigenvalue weighted by molar-refractivity contribution is 6.32. The lowest BCUT2D eigenvalue weighted by molar-refractivity contribution is 0.461. The van der Waals surface area contributed by atoms with E-state index in [4.69, 9.17) is 22.1 Å². The largest absolute Gasteiger partial charge is 0.436 e. The first-order valence-corrected chi connectivity index (χ1v) is 7.99. The van der Waals surface area contributed by atoms with Crippen LogP contribution in [0.3, 0.4) is 0 Å². The highest BCUT2D eigenvalue weighted by atomic mass is 35.5. The number of benzene rings is 2. The van der Waals surface area contributed by atoms with Gasteiger partial charge in [-0.15, -0.1) is 0 Å². The number of nitrogens with two attached hydrogens (primary N) is 1. The van der Waals surface area contributed by atoms with E-state index in [2.05, 4.69) is 19.9 Å². The summed E-state index contributed by atoms with van der Waals surface area (Å²) in [7, 11) is 0. The standard InChI is InChI=1S/C18H14ClN5O/c1-10-6-7-12-13(8-10)23-18(22-12)16-17(20)21-9-15(24-16)25-14-5-3-2-4-11(14)19/h2-9H,1H3,(H2,20,21)(H,22,23). The Bertz CT molecular complexity index is 1080. The molecule has 0 atom stereocenters. The molecule has 0 aliphatic rings. The maximum atomic E-state index is 6.11. The molecule has 4 rings (SSSR count). The van der Waals surface area contributed by atoms with Gasteiger partial charge in [0.2, 0.25) is 5.88 Å². The van der Waals surface area contributed by atoms with Crippen molar-refractivity contribution in [1.29, 1.82) is 0 Å². The summed E-state index contributed by atoms with van der Waals surface area (Å²) in [6.45, 7) is 2.02. The third kappa shape index (κ3) is 2.99. The zero-order valence-electron chi connectivity index (χ0n) is 13.3. The zero-order valence-corrected chi connectivity index (χ0v) is 14.1. The van der Waals surface area contributed by atoms with Gasteiger partial charge in [-0.05, 0) is 36.8 Å². The molecule has 0 unspecified atom stereocenters. The molecule has 0 amide bonds. The second-order valence-corrected chi connectivity index (χ2v) is 5.99. The number of halogens is 1. The molecule has 25 heavy (non-hydrogen) atoms. The lowest BCUT2D eigenvalue weighted by Gasteiger charge is -2.08. The van der Waals surface area contributed by atoms with Crippen LogP contribution in [-0.4, -0.2) is 19.9 Å². The molecule has 3 N–H and O–H groups in total. The minimum absolute atomic E-state index is 0.266. The van der Waals surface area contributed by atoms with E-state index in [1.807, 2.05) is 37.3 Å². The Morgan fingerprint density at radius 2 is 1.96 bits per heavy atom. The lowest BCUT2D eigenvalue weighted by atomic mass is 10.2. The second kappa shape index (κ2) is 6.07. The number of fused-ring (bicyclic) bond motifs is 1. The summed E-state index contributed by atoms with van der Waals surface area (Å²) in [6, 6.07) is 13.1. The molecule has 0 bridgehead atoms. The second-order valence-electron chi connectivity index (χ2n) is 5.58. The van der Waals surface area contributed by atoms with Crippen LogP contribution in [0.15, 0.2) is 48.7 Å². The minimum Gasteiger partial charge on any atom is -0.436 e. The van der Waals surface area contributed by atoms with Gasteiger partial charge in [0.25, 0.3) is 0 Å². The maximum absolute atomic E-state index is 6.11. The molecule has 0 saturated heterocycles. The van der Waals surface area contributed by atoms with Crippen molar-refractivity contribution in [2.45, 2.75) is 6.92 Å². The average Bonchev–Trinajstić information content (AvgIpc) is 3.01. The van der Waals surface area contributed by atoms with Gasteiger partial charge in [-0.3, -0.25) is 0 Å². The van der Waals surface area contributed by atoms with Gasteiger partial charge in [-0.2, -0.15) is 0 Å². The smallest absolute Gasteiger partial charge is 0.238 e. The Labute approximate surface area is 148 Å². The molecule has 0 saturated carbocycles. The van der Waals surface area contributed by atoms with Crippen molar-refractivity contribution in [3.8, 4) is 23.1 Å². The van der Waals surface area contributed by atoms with E-state index in [9.17, 15) is 0 Å². The molecule has 2 aromatic heterocycles. The van der Waals surface area contributed by atoms with Gasteiger partial charge < -0.3 is 15.5 Å². The summed E-state index contributed by atoms with van der Waals surface area (Å²) in [4.78, 5) is 16.3. The maximum Gasteiger partial charge on any atom is 0.238 e. The Kier molecular flexibility index (Phi) is 3.74. The normalized spacial score (nSPS) is 11.0. The minimum atomic E-state index is 0.266. The van der Waals surface area contributed by atoms with Crippen LogP contribution in [0.4, 0.5) is 5.82 Å². The number of aromatic amines is 1. The third-order valence-corrected chi connectivity index (χ3v) is 4.00. The first-order valence-electron chi connectivity index (χ1n) is 7.62. The van der Waals surface area contributed by atoms with Gasteiger partial charge in [0, 0.05) is 0 Å². The van der Waals surface area contributed by atoms with Crippen molar-refractivity contribution in [2.24, 2.45) is 0 Å². The monoisotopic (exact) mass is 351 g/mol. The van der Waals surface area contributed by atoms with Crippen molar-refractivity contribution < 1.29 is 4.74 Å². The van der Waals surface area contributed by atoms with Gasteiger partial charge >= 0.3 is 0 Å². The van der Waals surface area contributed by atoms with Crippen LogP contribution < -0.4 is 10.5 Å². The fourth-order valence-electron chi connectivity index (χ4n) is 2.48. The SMILES string of the molecule is Cc1ccc2nc(-c3nc(Oc4ccccc4Cl)cnc3N)[nH]c2c1. The highest BCUT2D eigenvalue weighted by Gasteiger charge is 2.14. The van der Waals surface area contributed by atoms with E-state index in [0.717, 1.165) is 16.6 Å². The van der Waals surface area contributed by atoms with Crippen molar-refractivity contribution in [2.75, 3.05) is 5.73 Å². The number of aromatic nitrogens is 4. The topological polar surface area (TPSA) is 89.7 Å². The first kappa shape index (κ1) is 15.4. The number of hydrogen-bond donors (Lipinski definition) is 2. The van der Waals surface area contributed by atoms with Gasteiger partial charge in [0.05, 0.1) is 22.3 Å². The number of aryl methyl sites for hydroxylation is 1. The average molecular weight is 352 g/mol. The highest BCUT2D eigenvalue weighted by Crippen LogP contribution is 2.30. The summed E-state index contributed by atoms with van der Waals surface area (Å²) in [5.41, 5.74) is 9.29. The predicted octanol–water partition coefficient (Wildman–Crippen LogP) is 4.36. The fraction of sp³-hybridized carbons (Fsp3) is 0.0556. The molecular weight excluding hydrogens is 338 g/mol. The van der Waals surface area contributed by atoms with Crippen LogP contribution in [-0.2, 0) is 0 Å². The Hall–Kier alpha value is -3.12. The van der Waals surface area contributed by atoms with Crippen LogP contribution in [0.5, 0.6) is 11.6 Å². The number of nitrogens with zero attached hydrogens (tertiary/aromatic N) is 3. The molecular formula is C18H14ClN5O. The van der Waals surface area contributed by atoms with Crippen molar-refractivity contribution in [3.63, 3.8) is 0 Å². The summed E-state index contributed by atoms with van der Waals surface area (Å²) >= 11 is 6.11. The number of nitrogens with one attached hydrogen (secondary N) is 1. The molecule has 0 radical (unpaired) electrons. The van der Waals surface area contributed by atoms with Gasteiger partial charge in [-0.1, -0.05) is 29.8 Å². The number of imidazole rings is 1. The summed E-state index contributed by atoms with van der Waals surface area (Å²) in [6.07, 6.45) is 1.45. The summed E-state index contributed by atoms with van der Waals surface area (Å²) in [5, 5.41) is 0.488. The molecule has 0 fully saturated rings. The molecule has 2 aromatic carbocycles. The molecule has 0 spiro atoms. The lowest BCUT2D eigenvalue weighted by Crippen LogP contribution is -2.00. The number of H-pyrrole nitrogens is 1. The molecule has 7 heteroatoms. The summed E-state index contributed by atoms with van der Waals surface area (Å²) < 4.78 is 5.72. The molecule has 6 nitrogen and oxygen atoms in total. The number of para-hydroxylation sites is 1. The van der Waals surface area contributed by atoms with Crippen molar-refractivity contribution in [3.05, 3.63) is 59.2 Å². The Morgan fingerprint density at radius 3 is 2.80 bits per heavy atom. The molecule has 124 valence electrons. The van der Waals surface area contributed by atoms with E-state index < -0.39 is 0 Å². The molecule has 0 aliphatic heterocycles. The van der Waals surface area contributed by atoms with Crippen molar-refractivity contribution in [1.82, 2.24) is 19.9 Å². The van der Waals surface area contributed by atoms with Crippen LogP contribution in [0, 0.1) is 6.92 Å². The quantitative estimate of drug-likeness (QED) is 0.572. The van der Waals surface area contributed by atoms with E-state index in [1.165, 1.54) is 6.20 Å². The summed E-state index contributed by atoms with van der Waals surface area (Å²) in [5.74, 6) is 1.58. The van der Waals surface area contributed by atoms with Crippen LogP contribution in [0.25, 0.3) is 22.6 Å². The van der Waals surface area contributed by atoms with E-state index >= 15 is 0 Å². The van der Waals surface area contributed by atoms with Crippen LogP contribution in [0.2, 0.25) is 5.02 Å². The van der Waals surface area contributed by atoms with E-state index in [0.29, 0.717) is 22.3 Å².